The van der Waals surface area contributed by atoms with E-state index in [1.807, 2.05) is 24.3 Å². The van der Waals surface area contributed by atoms with E-state index in [0.717, 1.165) is 31.7 Å². The topological polar surface area (TPSA) is 36.8 Å². The summed E-state index contributed by atoms with van der Waals surface area (Å²) in [6.45, 7) is 8.83. The van der Waals surface area contributed by atoms with Gasteiger partial charge in [0.05, 0.1) is 32.2 Å². The molecule has 5 heteroatoms. The molecule has 3 aromatic rings. The second-order valence-electron chi connectivity index (χ2n) is 8.06. The lowest BCUT2D eigenvalue weighted by atomic mass is 10.1. The molecule has 1 amide bonds. The summed E-state index contributed by atoms with van der Waals surface area (Å²) >= 11 is 1.69. The molecule has 0 aliphatic carbocycles. The van der Waals surface area contributed by atoms with Gasteiger partial charge in [0.1, 0.15) is 0 Å². The van der Waals surface area contributed by atoms with E-state index < -0.39 is 0 Å². The van der Waals surface area contributed by atoms with Crippen LogP contribution in [0.1, 0.15) is 27.6 Å². The first kappa shape index (κ1) is 20.6. The Morgan fingerprint density at radius 2 is 1.80 bits per heavy atom. The molecule has 0 spiro atoms. The van der Waals surface area contributed by atoms with Gasteiger partial charge in [0.15, 0.2) is 6.54 Å². The van der Waals surface area contributed by atoms with Crippen molar-refractivity contribution in [1.29, 1.82) is 0 Å². The summed E-state index contributed by atoms with van der Waals surface area (Å²) in [5.41, 5.74) is 5.16. The van der Waals surface area contributed by atoms with Crippen LogP contribution in [0.4, 0.5) is 5.69 Å². The lowest BCUT2D eigenvalue weighted by Gasteiger charge is -2.34. The fourth-order valence-electron chi connectivity index (χ4n) is 4.18. The molecule has 1 aliphatic rings. The summed E-state index contributed by atoms with van der Waals surface area (Å²) in [7, 11) is 0. The van der Waals surface area contributed by atoms with Crippen molar-refractivity contribution in [3.63, 3.8) is 0 Å². The number of piperazine rings is 1. The number of thiophene rings is 1. The van der Waals surface area contributed by atoms with E-state index in [4.69, 9.17) is 0 Å². The quantitative estimate of drug-likeness (QED) is 0.643. The second kappa shape index (κ2) is 9.45. The first-order chi connectivity index (χ1) is 14.6. The number of benzene rings is 2. The van der Waals surface area contributed by atoms with E-state index in [9.17, 15) is 4.79 Å². The number of carbonyl (C=O) groups is 1. The van der Waals surface area contributed by atoms with Crippen LogP contribution in [0.2, 0.25) is 0 Å². The molecule has 1 saturated heterocycles. The molecule has 1 aromatic heterocycles. The first-order valence-electron chi connectivity index (χ1n) is 10.6. The maximum absolute atomic E-state index is 12.9. The number of rotatable bonds is 6. The standard InChI is InChI=1S/C25H29N3OS/c1-19-8-6-11-22(20(19)2)28-15-13-27(14-16-28)18-24(29)26-25(23-12-7-17-30-23)21-9-4-3-5-10-21/h3-12,17,25H,13-16,18H2,1-2H3,(H,26,29)/p+1/t25-/m1/s1. The lowest BCUT2D eigenvalue weighted by molar-refractivity contribution is -0.892. The Morgan fingerprint density at radius 3 is 2.50 bits per heavy atom. The van der Waals surface area contributed by atoms with Gasteiger partial charge in [0, 0.05) is 10.6 Å². The van der Waals surface area contributed by atoms with E-state index in [1.165, 1.54) is 26.6 Å². The molecule has 0 unspecified atom stereocenters. The average molecular weight is 421 g/mol. The number of carbonyl (C=O) groups excluding carboxylic acids is 1. The molecule has 0 saturated carbocycles. The predicted molar refractivity (Wildman–Crippen MR) is 124 cm³/mol. The van der Waals surface area contributed by atoms with Crippen molar-refractivity contribution in [3.8, 4) is 0 Å². The van der Waals surface area contributed by atoms with Gasteiger partial charge in [-0.05, 0) is 48.1 Å². The van der Waals surface area contributed by atoms with Crippen LogP contribution in [0.15, 0.2) is 66.0 Å². The summed E-state index contributed by atoms with van der Waals surface area (Å²) in [5.74, 6) is 0.118. The Hall–Kier alpha value is -2.63. The Balaban J connectivity index is 1.36. The third-order valence-electron chi connectivity index (χ3n) is 6.06. The molecule has 2 N–H and O–H groups in total. The van der Waals surface area contributed by atoms with E-state index in [1.54, 1.807) is 11.3 Å². The molecule has 2 heterocycles. The van der Waals surface area contributed by atoms with E-state index in [2.05, 4.69) is 65.8 Å². The predicted octanol–water partition coefficient (Wildman–Crippen LogP) is 2.98. The Kier molecular flexibility index (Phi) is 6.50. The van der Waals surface area contributed by atoms with Crippen molar-refractivity contribution < 1.29 is 9.69 Å². The Bertz CT molecular complexity index is 963. The number of nitrogens with one attached hydrogen (secondary N) is 2. The normalized spacial score (nSPS) is 15.7. The lowest BCUT2D eigenvalue weighted by Crippen LogP contribution is -3.16. The van der Waals surface area contributed by atoms with Gasteiger partial charge in [0.2, 0.25) is 0 Å². The highest BCUT2D eigenvalue weighted by Gasteiger charge is 2.25. The minimum Gasteiger partial charge on any atom is -0.360 e. The molecule has 2 aromatic carbocycles. The van der Waals surface area contributed by atoms with Gasteiger partial charge < -0.3 is 15.1 Å². The van der Waals surface area contributed by atoms with Crippen LogP contribution < -0.4 is 15.1 Å². The molecule has 0 radical (unpaired) electrons. The minimum atomic E-state index is -0.0747. The van der Waals surface area contributed by atoms with E-state index in [-0.39, 0.29) is 11.9 Å². The van der Waals surface area contributed by atoms with Gasteiger partial charge in [-0.3, -0.25) is 4.79 Å². The maximum Gasteiger partial charge on any atom is 0.275 e. The highest BCUT2D eigenvalue weighted by atomic mass is 32.1. The maximum atomic E-state index is 12.9. The zero-order chi connectivity index (χ0) is 20.9. The Labute approximate surface area is 183 Å². The highest BCUT2D eigenvalue weighted by Crippen LogP contribution is 2.26. The molecule has 4 rings (SSSR count). The molecule has 1 aliphatic heterocycles. The molecular weight excluding hydrogens is 390 g/mol. The monoisotopic (exact) mass is 420 g/mol. The van der Waals surface area contributed by atoms with Crippen LogP contribution in [0.3, 0.4) is 0 Å². The third-order valence-corrected chi connectivity index (χ3v) is 7.00. The number of hydrogen-bond donors (Lipinski definition) is 2. The van der Waals surface area contributed by atoms with Gasteiger partial charge in [-0.1, -0.05) is 48.5 Å². The third kappa shape index (κ3) is 4.74. The van der Waals surface area contributed by atoms with Gasteiger partial charge in [-0.2, -0.15) is 0 Å². The number of hydrogen-bond acceptors (Lipinski definition) is 3. The summed E-state index contributed by atoms with van der Waals surface area (Å²) in [4.78, 5) is 17.9. The van der Waals surface area contributed by atoms with E-state index >= 15 is 0 Å². The van der Waals surface area contributed by atoms with Crippen molar-refractivity contribution in [2.24, 2.45) is 0 Å². The largest absolute Gasteiger partial charge is 0.360 e. The van der Waals surface area contributed by atoms with Gasteiger partial charge in [0.25, 0.3) is 5.91 Å². The van der Waals surface area contributed by atoms with Crippen molar-refractivity contribution in [2.75, 3.05) is 37.6 Å². The van der Waals surface area contributed by atoms with Crippen LogP contribution in [-0.2, 0) is 4.79 Å². The van der Waals surface area contributed by atoms with Crippen molar-refractivity contribution in [2.45, 2.75) is 19.9 Å². The zero-order valence-electron chi connectivity index (χ0n) is 17.7. The van der Waals surface area contributed by atoms with Crippen LogP contribution in [0.5, 0.6) is 0 Å². The van der Waals surface area contributed by atoms with Crippen molar-refractivity contribution in [1.82, 2.24) is 5.32 Å². The smallest absolute Gasteiger partial charge is 0.275 e. The fourth-order valence-corrected chi connectivity index (χ4v) is 4.98. The molecule has 30 heavy (non-hydrogen) atoms. The SMILES string of the molecule is Cc1cccc(N2CC[NH+](CC(=O)N[C@H](c3ccccc3)c3cccs3)CC2)c1C. The van der Waals surface area contributed by atoms with Gasteiger partial charge >= 0.3 is 0 Å². The molecule has 156 valence electrons. The Morgan fingerprint density at radius 1 is 1.03 bits per heavy atom. The molecular formula is C25H30N3OS+. The van der Waals surface area contributed by atoms with Crippen LogP contribution in [0.25, 0.3) is 0 Å². The van der Waals surface area contributed by atoms with Crippen molar-refractivity contribution in [3.05, 3.63) is 87.6 Å². The molecule has 1 fully saturated rings. The number of aryl methyl sites for hydroxylation is 1. The van der Waals surface area contributed by atoms with E-state index in [0.29, 0.717) is 6.54 Å². The summed E-state index contributed by atoms with van der Waals surface area (Å²) in [6, 6.07) is 20.8. The van der Waals surface area contributed by atoms with Crippen molar-refractivity contribution >= 4 is 22.9 Å². The number of nitrogens with zero attached hydrogens (tertiary/aromatic N) is 1. The molecule has 4 nitrogen and oxygen atoms in total. The summed E-state index contributed by atoms with van der Waals surface area (Å²) in [5, 5.41) is 5.34. The minimum absolute atomic E-state index is 0.0747. The van der Waals surface area contributed by atoms with Crippen LogP contribution in [-0.4, -0.2) is 38.6 Å². The number of amides is 1. The number of quaternary nitrogens is 1. The number of anilines is 1. The average Bonchev–Trinajstić information content (AvgIpc) is 3.30. The van der Waals surface area contributed by atoms with Crippen LogP contribution in [0, 0.1) is 13.8 Å². The fraction of sp³-hybridized carbons (Fsp3) is 0.320. The van der Waals surface area contributed by atoms with Crippen LogP contribution >= 0.6 is 11.3 Å². The summed E-state index contributed by atoms with van der Waals surface area (Å²) < 4.78 is 0. The molecule has 0 bridgehead atoms. The summed E-state index contributed by atoms with van der Waals surface area (Å²) in [6.07, 6.45) is 0. The van der Waals surface area contributed by atoms with Gasteiger partial charge in [-0.25, -0.2) is 0 Å². The highest BCUT2D eigenvalue weighted by molar-refractivity contribution is 7.10. The zero-order valence-corrected chi connectivity index (χ0v) is 18.5. The van der Waals surface area contributed by atoms with Gasteiger partial charge in [-0.15, -0.1) is 11.3 Å². The first-order valence-corrected chi connectivity index (χ1v) is 11.5. The molecule has 1 atom stereocenters. The second-order valence-corrected chi connectivity index (χ2v) is 9.04.